The Morgan fingerprint density at radius 2 is 1.86 bits per heavy atom. The quantitative estimate of drug-likeness (QED) is 0.390. The molecule has 7 heteroatoms. The number of hydrogen-bond donors (Lipinski definition) is 0. The molecule has 0 bridgehead atoms. The summed E-state index contributed by atoms with van der Waals surface area (Å²) in [5.41, 5.74) is 6.29. The van der Waals surface area contributed by atoms with Crippen molar-refractivity contribution in [2.45, 2.75) is 18.9 Å². The zero-order valence-corrected chi connectivity index (χ0v) is 20.0. The number of nitrogens with zero attached hydrogens (tertiary/aromatic N) is 4. The van der Waals surface area contributed by atoms with E-state index in [0.717, 1.165) is 51.1 Å². The number of pyridine rings is 1. The fourth-order valence-corrected chi connectivity index (χ4v) is 5.24. The van der Waals surface area contributed by atoms with Gasteiger partial charge in [0, 0.05) is 50.7 Å². The molecule has 0 spiro atoms. The van der Waals surface area contributed by atoms with E-state index in [2.05, 4.69) is 52.3 Å². The second-order valence-electron chi connectivity index (χ2n) is 9.07. The van der Waals surface area contributed by atoms with Crippen molar-refractivity contribution in [3.63, 3.8) is 0 Å². The lowest BCUT2D eigenvalue weighted by Crippen LogP contribution is -2.47. The van der Waals surface area contributed by atoms with Crippen LogP contribution in [0.2, 0.25) is 0 Å². The normalized spacial score (nSPS) is 18.6. The standard InChI is InChI=1S/C28H30N4O3/c1-35-27-20-21(10-13-26(27)32(33)34)6-5-15-30-16-18-31(19-17-30)28-23-8-3-2-7-22(23)11-12-25-24(28)9-4-14-29-25/h2-10,13-14,20,28H,11-12,15-19H2,1H3. The van der Waals surface area contributed by atoms with E-state index in [-0.39, 0.29) is 17.5 Å². The summed E-state index contributed by atoms with van der Waals surface area (Å²) >= 11 is 0. The lowest BCUT2D eigenvalue weighted by atomic mass is 9.94. The number of benzene rings is 2. The molecule has 1 unspecified atom stereocenters. The molecule has 1 fully saturated rings. The van der Waals surface area contributed by atoms with Crippen LogP contribution in [0.25, 0.3) is 6.08 Å². The van der Waals surface area contributed by atoms with Crippen LogP contribution in [0.4, 0.5) is 5.69 Å². The summed E-state index contributed by atoms with van der Waals surface area (Å²) in [7, 11) is 1.45. The summed E-state index contributed by atoms with van der Waals surface area (Å²) < 4.78 is 5.18. The lowest BCUT2D eigenvalue weighted by Gasteiger charge is -2.39. The molecule has 0 radical (unpaired) electrons. The Kier molecular flexibility index (Phi) is 6.88. The Morgan fingerprint density at radius 3 is 2.66 bits per heavy atom. The van der Waals surface area contributed by atoms with Crippen LogP contribution in [0.15, 0.2) is 66.9 Å². The first-order valence-corrected chi connectivity index (χ1v) is 12.1. The van der Waals surface area contributed by atoms with E-state index in [1.165, 1.54) is 35.6 Å². The third-order valence-corrected chi connectivity index (χ3v) is 7.05. The van der Waals surface area contributed by atoms with Crippen LogP contribution in [0.3, 0.4) is 0 Å². The van der Waals surface area contributed by atoms with Gasteiger partial charge in [0.15, 0.2) is 5.75 Å². The number of aryl methyl sites for hydroxylation is 2. The second kappa shape index (κ2) is 10.4. The monoisotopic (exact) mass is 470 g/mol. The fourth-order valence-electron chi connectivity index (χ4n) is 5.24. The topological polar surface area (TPSA) is 71.7 Å². The van der Waals surface area contributed by atoms with Gasteiger partial charge < -0.3 is 4.74 Å². The van der Waals surface area contributed by atoms with Gasteiger partial charge in [0.25, 0.3) is 0 Å². The van der Waals surface area contributed by atoms with Gasteiger partial charge in [-0.05, 0) is 53.3 Å². The van der Waals surface area contributed by atoms with Gasteiger partial charge in [-0.1, -0.05) is 42.5 Å². The zero-order valence-electron chi connectivity index (χ0n) is 20.0. The SMILES string of the molecule is COc1cc(C=CCN2CCN(C3c4ccccc4CCc4ncccc43)CC2)ccc1[N+](=O)[O-]. The van der Waals surface area contributed by atoms with Gasteiger partial charge in [0.1, 0.15) is 0 Å². The number of ether oxygens (including phenoxy) is 1. The molecule has 2 aromatic carbocycles. The van der Waals surface area contributed by atoms with E-state index in [0.29, 0.717) is 0 Å². The van der Waals surface area contributed by atoms with Gasteiger partial charge >= 0.3 is 5.69 Å². The molecule has 1 aliphatic heterocycles. The fraction of sp³-hybridized carbons (Fsp3) is 0.321. The smallest absolute Gasteiger partial charge is 0.310 e. The van der Waals surface area contributed by atoms with E-state index in [9.17, 15) is 10.1 Å². The van der Waals surface area contributed by atoms with E-state index >= 15 is 0 Å². The van der Waals surface area contributed by atoms with Crippen LogP contribution in [0, 0.1) is 10.1 Å². The minimum atomic E-state index is -0.424. The highest BCUT2D eigenvalue weighted by Gasteiger charge is 2.31. The minimum absolute atomic E-state index is 0.0161. The molecule has 1 saturated heterocycles. The van der Waals surface area contributed by atoms with Crippen LogP contribution < -0.4 is 4.74 Å². The molecule has 2 aliphatic rings. The number of fused-ring (bicyclic) bond motifs is 2. The van der Waals surface area contributed by atoms with Crippen molar-refractivity contribution in [1.29, 1.82) is 0 Å². The largest absolute Gasteiger partial charge is 0.490 e. The van der Waals surface area contributed by atoms with E-state index in [1.54, 1.807) is 12.1 Å². The summed E-state index contributed by atoms with van der Waals surface area (Å²) in [6.45, 7) is 4.80. The number of nitro benzene ring substituents is 1. The van der Waals surface area contributed by atoms with Gasteiger partial charge in [-0.25, -0.2) is 0 Å². The molecule has 1 aromatic heterocycles. The lowest BCUT2D eigenvalue weighted by molar-refractivity contribution is -0.385. The van der Waals surface area contributed by atoms with Crippen LogP contribution in [-0.2, 0) is 12.8 Å². The van der Waals surface area contributed by atoms with Gasteiger partial charge in [-0.2, -0.15) is 0 Å². The van der Waals surface area contributed by atoms with Crippen molar-refractivity contribution in [3.05, 3.63) is 105 Å². The summed E-state index contributed by atoms with van der Waals surface area (Å²) in [5, 5.41) is 11.1. The Balaban J connectivity index is 1.26. The van der Waals surface area contributed by atoms with E-state index in [4.69, 9.17) is 9.72 Å². The molecule has 35 heavy (non-hydrogen) atoms. The first-order chi connectivity index (χ1) is 17.1. The van der Waals surface area contributed by atoms with Gasteiger partial charge in [-0.15, -0.1) is 0 Å². The number of nitro groups is 1. The molecular formula is C28H30N4O3. The second-order valence-corrected chi connectivity index (χ2v) is 9.07. The van der Waals surface area contributed by atoms with Gasteiger partial charge in [0.05, 0.1) is 18.1 Å². The molecule has 0 saturated carbocycles. The van der Waals surface area contributed by atoms with Gasteiger partial charge in [0.2, 0.25) is 0 Å². The Bertz CT molecular complexity index is 1190. The molecule has 2 heterocycles. The molecule has 7 nitrogen and oxygen atoms in total. The van der Waals surface area contributed by atoms with Crippen LogP contribution in [-0.4, -0.2) is 59.5 Å². The maximum absolute atomic E-state index is 11.1. The molecule has 3 aromatic rings. The third kappa shape index (κ3) is 4.97. The third-order valence-electron chi connectivity index (χ3n) is 7.05. The first-order valence-electron chi connectivity index (χ1n) is 12.1. The first kappa shape index (κ1) is 23.2. The van der Waals surface area contributed by atoms with Crippen LogP contribution in [0.1, 0.15) is 34.0 Å². The molecule has 0 amide bonds. The Hall–Kier alpha value is -3.55. The number of aromatic nitrogens is 1. The van der Waals surface area contributed by atoms with Crippen molar-refractivity contribution in [1.82, 2.24) is 14.8 Å². The number of piperazine rings is 1. The highest BCUT2D eigenvalue weighted by molar-refractivity contribution is 5.58. The molecule has 0 N–H and O–H groups in total. The van der Waals surface area contributed by atoms with Crippen molar-refractivity contribution < 1.29 is 9.66 Å². The summed E-state index contributed by atoms with van der Waals surface area (Å²) in [6.07, 6.45) is 8.06. The molecule has 5 rings (SSSR count). The van der Waals surface area contributed by atoms with E-state index < -0.39 is 4.92 Å². The van der Waals surface area contributed by atoms with Crippen molar-refractivity contribution in [2.75, 3.05) is 39.8 Å². The summed E-state index contributed by atoms with van der Waals surface area (Å²) in [4.78, 5) is 20.5. The average molecular weight is 471 g/mol. The van der Waals surface area contributed by atoms with Gasteiger partial charge in [-0.3, -0.25) is 24.9 Å². The summed E-state index contributed by atoms with van der Waals surface area (Å²) in [5.74, 6) is 0.282. The predicted molar refractivity (Wildman–Crippen MR) is 137 cm³/mol. The Labute approximate surface area is 205 Å². The summed E-state index contributed by atoms with van der Waals surface area (Å²) in [6, 6.07) is 18.4. The zero-order chi connectivity index (χ0) is 24.2. The molecule has 1 atom stereocenters. The molecular weight excluding hydrogens is 440 g/mol. The predicted octanol–water partition coefficient (Wildman–Crippen LogP) is 4.52. The highest BCUT2D eigenvalue weighted by Crippen LogP contribution is 2.36. The molecule has 180 valence electrons. The maximum Gasteiger partial charge on any atom is 0.310 e. The highest BCUT2D eigenvalue weighted by atomic mass is 16.6. The van der Waals surface area contributed by atoms with Crippen molar-refractivity contribution >= 4 is 11.8 Å². The maximum atomic E-state index is 11.1. The van der Waals surface area contributed by atoms with Crippen LogP contribution >= 0.6 is 0 Å². The number of rotatable bonds is 6. The molecule has 1 aliphatic carbocycles. The average Bonchev–Trinajstić information content (AvgIpc) is 3.06. The minimum Gasteiger partial charge on any atom is -0.490 e. The Morgan fingerprint density at radius 1 is 1.06 bits per heavy atom. The number of methoxy groups -OCH3 is 1. The van der Waals surface area contributed by atoms with E-state index in [1.807, 2.05) is 12.3 Å². The van der Waals surface area contributed by atoms with Crippen molar-refractivity contribution in [2.24, 2.45) is 0 Å². The van der Waals surface area contributed by atoms with Crippen LogP contribution in [0.5, 0.6) is 5.75 Å². The van der Waals surface area contributed by atoms with Crippen molar-refractivity contribution in [3.8, 4) is 5.75 Å². The number of hydrogen-bond acceptors (Lipinski definition) is 6.